The number of hydrogen-bond donors (Lipinski definition) is 2. The minimum Gasteiger partial charge on any atom is -0.480 e. The van der Waals surface area contributed by atoms with Crippen molar-refractivity contribution in [1.29, 1.82) is 0 Å². The van der Waals surface area contributed by atoms with Gasteiger partial charge in [-0.05, 0) is 12.8 Å². The number of thiazole rings is 1. The van der Waals surface area contributed by atoms with Crippen LogP contribution in [0, 0.1) is 12.8 Å². The number of carbonyl (C=O) groups is 2. The molecule has 0 spiro atoms. The van der Waals surface area contributed by atoms with E-state index in [-0.39, 0.29) is 11.9 Å². The number of aromatic nitrogens is 1. The maximum absolute atomic E-state index is 12.1. The molecular formula is C14H23N3O3S. The minimum absolute atomic E-state index is 0.0682. The second-order valence-corrected chi connectivity index (χ2v) is 6.12. The van der Waals surface area contributed by atoms with E-state index in [4.69, 9.17) is 0 Å². The molecule has 1 rings (SSSR count). The van der Waals surface area contributed by atoms with Crippen molar-refractivity contribution in [2.75, 3.05) is 7.05 Å². The van der Waals surface area contributed by atoms with Gasteiger partial charge in [0.2, 0.25) is 0 Å². The highest BCUT2D eigenvalue weighted by atomic mass is 32.1. The normalized spacial score (nSPS) is 12.2. The quantitative estimate of drug-likeness (QED) is 0.810. The van der Waals surface area contributed by atoms with E-state index in [2.05, 4.69) is 10.3 Å². The molecule has 0 saturated heterocycles. The van der Waals surface area contributed by atoms with E-state index < -0.39 is 12.0 Å². The van der Waals surface area contributed by atoms with Gasteiger partial charge in [-0.3, -0.25) is 0 Å². The highest BCUT2D eigenvalue weighted by molar-refractivity contribution is 7.09. The Bertz CT molecular complexity index is 486. The Morgan fingerprint density at radius 1 is 1.43 bits per heavy atom. The number of aryl methyl sites for hydroxylation is 1. The number of hydrogen-bond acceptors (Lipinski definition) is 4. The summed E-state index contributed by atoms with van der Waals surface area (Å²) >= 11 is 1.53. The molecule has 0 aliphatic carbocycles. The van der Waals surface area contributed by atoms with Gasteiger partial charge in [0.15, 0.2) is 0 Å². The Kier molecular flexibility index (Phi) is 6.61. The van der Waals surface area contributed by atoms with Crippen molar-refractivity contribution in [3.63, 3.8) is 0 Å². The molecule has 0 radical (unpaired) electrons. The van der Waals surface area contributed by atoms with Gasteiger partial charge in [0, 0.05) is 12.4 Å². The summed E-state index contributed by atoms with van der Waals surface area (Å²) in [5.74, 6) is -1.06. The molecule has 0 saturated carbocycles. The fraction of sp³-hybridized carbons (Fsp3) is 0.643. The van der Waals surface area contributed by atoms with Gasteiger partial charge in [-0.25, -0.2) is 14.6 Å². The summed E-state index contributed by atoms with van der Waals surface area (Å²) in [5, 5.41) is 14.7. The Hall–Kier alpha value is -1.63. The molecule has 0 fully saturated rings. The number of nitrogens with one attached hydrogen (secondary N) is 1. The van der Waals surface area contributed by atoms with Crippen molar-refractivity contribution in [1.82, 2.24) is 15.2 Å². The van der Waals surface area contributed by atoms with Gasteiger partial charge in [-0.15, -0.1) is 11.3 Å². The number of amides is 2. The number of urea groups is 1. The predicted octanol–water partition coefficient (Wildman–Crippen LogP) is 2.48. The van der Waals surface area contributed by atoms with Gasteiger partial charge in [0.25, 0.3) is 0 Å². The number of carboxylic acid groups (broad SMARTS) is 1. The van der Waals surface area contributed by atoms with Crippen molar-refractivity contribution in [2.45, 2.75) is 46.2 Å². The summed E-state index contributed by atoms with van der Waals surface area (Å²) in [7, 11) is 1.63. The fourth-order valence-electron chi connectivity index (χ4n) is 2.18. The molecule has 1 aromatic heterocycles. The van der Waals surface area contributed by atoms with Crippen molar-refractivity contribution < 1.29 is 14.7 Å². The SMILES string of the molecule is CCC(CC)[C@H](NC(=O)N(C)Cc1csc(C)n1)C(=O)O. The van der Waals surface area contributed by atoms with Crippen molar-refractivity contribution >= 4 is 23.3 Å². The lowest BCUT2D eigenvalue weighted by Gasteiger charge is -2.25. The average Bonchev–Trinajstić information content (AvgIpc) is 2.83. The highest BCUT2D eigenvalue weighted by Crippen LogP contribution is 2.14. The Labute approximate surface area is 129 Å². The highest BCUT2D eigenvalue weighted by Gasteiger charge is 2.28. The number of carboxylic acids is 1. The first-order valence-corrected chi connectivity index (χ1v) is 7.92. The number of carbonyl (C=O) groups excluding carboxylic acids is 1. The number of rotatable bonds is 7. The lowest BCUT2D eigenvalue weighted by molar-refractivity contribution is -0.140. The van der Waals surface area contributed by atoms with E-state index in [0.717, 1.165) is 10.7 Å². The van der Waals surface area contributed by atoms with E-state index in [9.17, 15) is 14.7 Å². The second kappa shape index (κ2) is 7.97. The molecule has 0 aromatic carbocycles. The first-order chi connectivity index (χ1) is 9.88. The molecule has 0 aliphatic heterocycles. The molecule has 1 aromatic rings. The van der Waals surface area contributed by atoms with Crippen LogP contribution < -0.4 is 5.32 Å². The van der Waals surface area contributed by atoms with Crippen LogP contribution in [-0.4, -0.2) is 40.1 Å². The molecule has 7 heteroatoms. The Morgan fingerprint density at radius 3 is 2.48 bits per heavy atom. The summed E-state index contributed by atoms with van der Waals surface area (Å²) in [5.41, 5.74) is 0.810. The van der Waals surface area contributed by atoms with Crippen LogP contribution in [0.4, 0.5) is 4.79 Å². The summed E-state index contributed by atoms with van der Waals surface area (Å²) in [6.45, 7) is 6.13. The minimum atomic E-state index is -0.991. The third-order valence-corrected chi connectivity index (χ3v) is 4.30. The standard InChI is InChI=1S/C14H23N3O3S/c1-5-10(6-2)12(13(18)19)16-14(20)17(4)7-11-8-21-9(3)15-11/h8,10,12H,5-7H2,1-4H3,(H,16,20)(H,18,19)/t12-/m0/s1. The van der Waals surface area contributed by atoms with Crippen LogP contribution in [-0.2, 0) is 11.3 Å². The maximum Gasteiger partial charge on any atom is 0.326 e. The monoisotopic (exact) mass is 313 g/mol. The molecular weight excluding hydrogens is 290 g/mol. The predicted molar refractivity (Wildman–Crippen MR) is 82.3 cm³/mol. The molecule has 6 nitrogen and oxygen atoms in total. The zero-order chi connectivity index (χ0) is 16.0. The van der Waals surface area contributed by atoms with E-state index in [1.165, 1.54) is 16.2 Å². The Morgan fingerprint density at radius 2 is 2.05 bits per heavy atom. The third kappa shape index (κ3) is 5.00. The molecule has 2 amide bonds. The lowest BCUT2D eigenvalue weighted by atomic mass is 9.94. The van der Waals surface area contributed by atoms with Crippen LogP contribution in [0.2, 0.25) is 0 Å². The molecule has 0 aliphatic rings. The summed E-state index contributed by atoms with van der Waals surface area (Å²) in [6.07, 6.45) is 1.42. The zero-order valence-electron chi connectivity index (χ0n) is 12.9. The van der Waals surface area contributed by atoms with Crippen molar-refractivity contribution in [3.8, 4) is 0 Å². The van der Waals surface area contributed by atoms with Gasteiger partial charge in [-0.2, -0.15) is 0 Å². The molecule has 0 unspecified atom stereocenters. The molecule has 21 heavy (non-hydrogen) atoms. The van der Waals surface area contributed by atoms with E-state index in [1.807, 2.05) is 26.2 Å². The van der Waals surface area contributed by atoms with Crippen LogP contribution in [0.25, 0.3) is 0 Å². The molecule has 2 N–H and O–H groups in total. The van der Waals surface area contributed by atoms with Crippen LogP contribution in [0.5, 0.6) is 0 Å². The average molecular weight is 313 g/mol. The molecule has 1 heterocycles. The third-order valence-electron chi connectivity index (χ3n) is 3.48. The lowest BCUT2D eigenvalue weighted by Crippen LogP contribution is -2.49. The van der Waals surface area contributed by atoms with Gasteiger partial charge in [0.05, 0.1) is 17.2 Å². The van der Waals surface area contributed by atoms with Gasteiger partial charge in [-0.1, -0.05) is 26.7 Å². The van der Waals surface area contributed by atoms with Crippen molar-refractivity contribution in [3.05, 3.63) is 16.1 Å². The molecule has 118 valence electrons. The van der Waals surface area contributed by atoms with Gasteiger partial charge in [0.1, 0.15) is 6.04 Å². The smallest absolute Gasteiger partial charge is 0.326 e. The Balaban J connectivity index is 2.66. The van der Waals surface area contributed by atoms with Crippen LogP contribution in [0.1, 0.15) is 37.4 Å². The van der Waals surface area contributed by atoms with Crippen LogP contribution in [0.15, 0.2) is 5.38 Å². The van der Waals surface area contributed by atoms with Gasteiger partial charge >= 0.3 is 12.0 Å². The summed E-state index contributed by atoms with van der Waals surface area (Å²) in [6, 6.07) is -1.24. The van der Waals surface area contributed by atoms with Crippen LogP contribution in [0.3, 0.4) is 0 Å². The molecule has 0 bridgehead atoms. The summed E-state index contributed by atoms with van der Waals surface area (Å²) in [4.78, 5) is 29.2. The fourth-order valence-corrected chi connectivity index (χ4v) is 2.78. The van der Waals surface area contributed by atoms with Crippen molar-refractivity contribution in [2.24, 2.45) is 5.92 Å². The topological polar surface area (TPSA) is 82.5 Å². The van der Waals surface area contributed by atoms with Crippen LogP contribution >= 0.6 is 11.3 Å². The van der Waals surface area contributed by atoms with E-state index in [0.29, 0.717) is 19.4 Å². The molecule has 1 atom stereocenters. The summed E-state index contributed by atoms with van der Waals surface area (Å²) < 4.78 is 0. The van der Waals surface area contributed by atoms with E-state index in [1.54, 1.807) is 7.05 Å². The van der Waals surface area contributed by atoms with E-state index >= 15 is 0 Å². The first-order valence-electron chi connectivity index (χ1n) is 7.04. The number of aliphatic carboxylic acids is 1. The maximum atomic E-state index is 12.1. The largest absolute Gasteiger partial charge is 0.480 e. The van der Waals surface area contributed by atoms with Gasteiger partial charge < -0.3 is 15.3 Å². The number of nitrogens with zero attached hydrogens (tertiary/aromatic N) is 2. The second-order valence-electron chi connectivity index (χ2n) is 5.06. The first kappa shape index (κ1) is 17.4. The zero-order valence-corrected chi connectivity index (χ0v) is 13.7.